The van der Waals surface area contributed by atoms with E-state index in [0.29, 0.717) is 6.04 Å². The molecule has 1 heterocycles. The second-order valence-corrected chi connectivity index (χ2v) is 2.27. The van der Waals surface area contributed by atoms with Gasteiger partial charge in [-0.25, -0.2) is 0 Å². The van der Waals surface area contributed by atoms with Crippen LogP contribution in [0, 0.1) is 0 Å². The molecular weight excluding hydrogens is 102 g/mol. The molecule has 0 aromatic heterocycles. The van der Waals surface area contributed by atoms with Gasteiger partial charge in [0.15, 0.2) is 0 Å². The number of β-lactam (4-membered cyclic amide) rings is 1. The number of rotatable bonds is 1. The Morgan fingerprint density at radius 3 is 2.62 bits per heavy atom. The monoisotopic (exact) mass is 113 g/mol. The highest BCUT2D eigenvalue weighted by Gasteiger charge is 2.30. The van der Waals surface area contributed by atoms with Crippen LogP contribution >= 0.6 is 0 Å². The van der Waals surface area contributed by atoms with Crippen LogP contribution < -0.4 is 0 Å². The number of hydrogen-bond acceptors (Lipinski definition) is 1. The van der Waals surface area contributed by atoms with Gasteiger partial charge in [0.25, 0.3) is 0 Å². The maximum Gasteiger partial charge on any atom is 0.224 e. The standard InChI is InChI=1S/C6H11NO/c1-3-5-4-6(8)7(5)2/h5H,3-4H2,1-2H3/t5-/m1/s1. The highest BCUT2D eigenvalue weighted by Crippen LogP contribution is 2.18. The second-order valence-electron chi connectivity index (χ2n) is 2.27. The van der Waals surface area contributed by atoms with E-state index >= 15 is 0 Å². The van der Waals surface area contributed by atoms with E-state index in [1.165, 1.54) is 0 Å². The molecule has 0 radical (unpaired) electrons. The van der Waals surface area contributed by atoms with Gasteiger partial charge < -0.3 is 4.90 Å². The van der Waals surface area contributed by atoms with Crippen molar-refractivity contribution < 1.29 is 4.79 Å². The average molecular weight is 113 g/mol. The Labute approximate surface area is 49.5 Å². The van der Waals surface area contributed by atoms with Crippen LogP contribution in [-0.2, 0) is 4.79 Å². The van der Waals surface area contributed by atoms with Crippen molar-refractivity contribution in [1.29, 1.82) is 0 Å². The molecule has 0 spiro atoms. The Morgan fingerprint density at radius 2 is 2.50 bits per heavy atom. The van der Waals surface area contributed by atoms with E-state index in [-0.39, 0.29) is 5.91 Å². The van der Waals surface area contributed by atoms with Gasteiger partial charge in [-0.05, 0) is 6.42 Å². The number of likely N-dealkylation sites (tertiary alicyclic amines) is 1. The minimum atomic E-state index is 0.289. The first-order chi connectivity index (χ1) is 3.75. The van der Waals surface area contributed by atoms with E-state index in [0.717, 1.165) is 12.8 Å². The number of carbonyl (C=O) groups is 1. The van der Waals surface area contributed by atoms with Crippen molar-refractivity contribution in [3.8, 4) is 0 Å². The summed E-state index contributed by atoms with van der Waals surface area (Å²) < 4.78 is 0. The van der Waals surface area contributed by atoms with E-state index in [4.69, 9.17) is 0 Å². The SMILES string of the molecule is CC[C@@H]1CC(=O)N1C. The fraction of sp³-hybridized carbons (Fsp3) is 0.833. The fourth-order valence-corrected chi connectivity index (χ4v) is 0.992. The molecular formula is C6H11NO. The zero-order valence-electron chi connectivity index (χ0n) is 5.35. The normalized spacial score (nSPS) is 28.0. The zero-order chi connectivity index (χ0) is 6.15. The summed E-state index contributed by atoms with van der Waals surface area (Å²) in [6.45, 7) is 2.10. The highest BCUT2D eigenvalue weighted by molar-refractivity contribution is 5.82. The summed E-state index contributed by atoms with van der Waals surface area (Å²) in [4.78, 5) is 12.3. The predicted octanol–water partition coefficient (Wildman–Crippen LogP) is 0.627. The van der Waals surface area contributed by atoms with Crippen molar-refractivity contribution in [2.45, 2.75) is 25.8 Å². The van der Waals surface area contributed by atoms with Crippen LogP contribution in [0.2, 0.25) is 0 Å². The van der Waals surface area contributed by atoms with Crippen molar-refractivity contribution in [2.24, 2.45) is 0 Å². The molecule has 2 heteroatoms. The molecule has 46 valence electrons. The summed E-state index contributed by atoms with van der Waals surface area (Å²) in [6, 6.07) is 0.544. The number of carbonyl (C=O) groups excluding carboxylic acids is 1. The van der Waals surface area contributed by atoms with E-state index < -0.39 is 0 Å². The third-order valence-corrected chi connectivity index (χ3v) is 1.82. The molecule has 1 saturated heterocycles. The van der Waals surface area contributed by atoms with Gasteiger partial charge in [-0.3, -0.25) is 4.79 Å². The molecule has 1 aliphatic rings. The smallest absolute Gasteiger partial charge is 0.224 e. The quantitative estimate of drug-likeness (QED) is 0.457. The van der Waals surface area contributed by atoms with Crippen molar-refractivity contribution in [3.63, 3.8) is 0 Å². The Hall–Kier alpha value is -0.530. The van der Waals surface area contributed by atoms with Gasteiger partial charge >= 0.3 is 0 Å². The fourth-order valence-electron chi connectivity index (χ4n) is 0.992. The molecule has 2 nitrogen and oxygen atoms in total. The van der Waals surface area contributed by atoms with Gasteiger partial charge in [-0.2, -0.15) is 0 Å². The number of hydrogen-bond donors (Lipinski definition) is 0. The van der Waals surface area contributed by atoms with Crippen molar-refractivity contribution in [1.82, 2.24) is 4.90 Å². The molecule has 0 bridgehead atoms. The van der Waals surface area contributed by atoms with Crippen LogP contribution in [0.15, 0.2) is 0 Å². The maximum atomic E-state index is 10.5. The van der Waals surface area contributed by atoms with E-state index in [1.54, 1.807) is 4.90 Å². The lowest BCUT2D eigenvalue weighted by molar-refractivity contribution is -0.143. The first-order valence-corrected chi connectivity index (χ1v) is 3.01. The van der Waals surface area contributed by atoms with Gasteiger partial charge in [0.05, 0.1) is 0 Å². The second kappa shape index (κ2) is 1.77. The van der Waals surface area contributed by atoms with Crippen LogP contribution in [0.25, 0.3) is 0 Å². The first kappa shape index (κ1) is 5.60. The number of amides is 1. The Bertz CT molecular complexity index is 111. The van der Waals surface area contributed by atoms with Crippen molar-refractivity contribution in [2.75, 3.05) is 7.05 Å². The predicted molar refractivity (Wildman–Crippen MR) is 31.5 cm³/mol. The zero-order valence-corrected chi connectivity index (χ0v) is 5.35. The minimum absolute atomic E-state index is 0.289. The number of nitrogens with zero attached hydrogens (tertiary/aromatic N) is 1. The summed E-state index contributed by atoms with van der Waals surface area (Å²) in [7, 11) is 1.86. The van der Waals surface area contributed by atoms with Gasteiger partial charge in [0.2, 0.25) is 5.91 Å². The topological polar surface area (TPSA) is 20.3 Å². The lowest BCUT2D eigenvalue weighted by atomic mass is 10.0. The molecule has 1 fully saturated rings. The summed E-state index contributed by atoms with van der Waals surface area (Å²) in [5.74, 6) is 0.289. The van der Waals surface area contributed by atoms with E-state index in [2.05, 4.69) is 6.92 Å². The summed E-state index contributed by atoms with van der Waals surface area (Å²) in [5.41, 5.74) is 0. The molecule has 1 rings (SSSR count). The maximum absolute atomic E-state index is 10.5. The van der Waals surface area contributed by atoms with E-state index in [1.807, 2.05) is 7.05 Å². The average Bonchev–Trinajstić information content (AvgIpc) is 1.81. The van der Waals surface area contributed by atoms with Crippen molar-refractivity contribution in [3.05, 3.63) is 0 Å². The lowest BCUT2D eigenvalue weighted by Gasteiger charge is -2.36. The molecule has 0 unspecified atom stereocenters. The minimum Gasteiger partial charge on any atom is -0.342 e. The van der Waals surface area contributed by atoms with Crippen LogP contribution in [0.1, 0.15) is 19.8 Å². The summed E-state index contributed by atoms with van der Waals surface area (Å²) in [6.07, 6.45) is 1.87. The Morgan fingerprint density at radius 1 is 1.88 bits per heavy atom. The van der Waals surface area contributed by atoms with Crippen LogP contribution in [0.3, 0.4) is 0 Å². The molecule has 8 heavy (non-hydrogen) atoms. The molecule has 1 amide bonds. The highest BCUT2D eigenvalue weighted by atomic mass is 16.2. The Balaban J connectivity index is 2.35. The molecule has 0 aromatic rings. The third-order valence-electron chi connectivity index (χ3n) is 1.82. The van der Waals surface area contributed by atoms with Gasteiger partial charge in [0.1, 0.15) is 0 Å². The Kier molecular flexibility index (Phi) is 1.24. The van der Waals surface area contributed by atoms with Gasteiger partial charge in [0, 0.05) is 19.5 Å². The van der Waals surface area contributed by atoms with Crippen LogP contribution in [-0.4, -0.2) is 23.9 Å². The molecule has 0 aliphatic carbocycles. The van der Waals surface area contributed by atoms with Crippen LogP contribution in [0.4, 0.5) is 0 Å². The molecule has 1 aliphatic heterocycles. The first-order valence-electron chi connectivity index (χ1n) is 3.01. The largest absolute Gasteiger partial charge is 0.342 e. The van der Waals surface area contributed by atoms with E-state index in [9.17, 15) is 4.79 Å². The molecule has 0 aromatic carbocycles. The van der Waals surface area contributed by atoms with Gasteiger partial charge in [-0.1, -0.05) is 6.92 Å². The van der Waals surface area contributed by atoms with Gasteiger partial charge in [-0.15, -0.1) is 0 Å². The summed E-state index contributed by atoms with van der Waals surface area (Å²) >= 11 is 0. The molecule has 0 N–H and O–H groups in total. The van der Waals surface area contributed by atoms with Crippen molar-refractivity contribution >= 4 is 5.91 Å². The van der Waals surface area contributed by atoms with Crippen LogP contribution in [0.5, 0.6) is 0 Å². The molecule has 1 atom stereocenters. The summed E-state index contributed by atoms with van der Waals surface area (Å²) in [5, 5.41) is 0. The lowest BCUT2D eigenvalue weighted by Crippen LogP contribution is -2.49. The third kappa shape index (κ3) is 0.602. The molecule has 0 saturated carbocycles.